The summed E-state index contributed by atoms with van der Waals surface area (Å²) < 4.78 is 0. The summed E-state index contributed by atoms with van der Waals surface area (Å²) in [6, 6.07) is 8.96. The molecule has 2 rings (SSSR count). The Bertz CT molecular complexity index is 339. The summed E-state index contributed by atoms with van der Waals surface area (Å²) in [5.74, 6) is 1.45. The van der Waals surface area contributed by atoms with Gasteiger partial charge in [0.05, 0.1) is 0 Å². The van der Waals surface area contributed by atoms with Crippen LogP contribution in [0, 0.1) is 5.92 Å². The van der Waals surface area contributed by atoms with Crippen molar-refractivity contribution in [3.8, 4) is 0 Å². The lowest BCUT2D eigenvalue weighted by atomic mass is 9.98. The molecule has 2 nitrogen and oxygen atoms in total. The van der Waals surface area contributed by atoms with E-state index in [-0.39, 0.29) is 0 Å². The molecule has 0 radical (unpaired) electrons. The largest absolute Gasteiger partial charge is 0.385 e. The van der Waals surface area contributed by atoms with Gasteiger partial charge in [-0.05, 0) is 61.9 Å². The van der Waals surface area contributed by atoms with E-state index in [2.05, 4.69) is 48.7 Å². The molecular formula is C16H26N2. The monoisotopic (exact) mass is 246 g/mol. The highest BCUT2D eigenvalue weighted by Gasteiger charge is 2.12. The minimum absolute atomic E-state index is 0.668. The van der Waals surface area contributed by atoms with Crippen molar-refractivity contribution in [3.05, 3.63) is 29.8 Å². The average Bonchev–Trinajstić information content (AvgIpc) is 2.46. The number of hydrogen-bond donors (Lipinski definition) is 2. The number of piperidine rings is 1. The summed E-state index contributed by atoms with van der Waals surface area (Å²) >= 11 is 0. The van der Waals surface area contributed by atoms with E-state index in [1.54, 1.807) is 0 Å². The summed E-state index contributed by atoms with van der Waals surface area (Å²) in [5.41, 5.74) is 2.70. The zero-order chi connectivity index (χ0) is 12.8. The number of benzene rings is 1. The quantitative estimate of drug-likeness (QED) is 0.829. The molecular weight excluding hydrogens is 220 g/mol. The van der Waals surface area contributed by atoms with Crippen LogP contribution in [0.2, 0.25) is 0 Å². The van der Waals surface area contributed by atoms with Crippen LogP contribution in [-0.2, 0) is 0 Å². The highest BCUT2D eigenvalue weighted by molar-refractivity contribution is 5.45. The Morgan fingerprint density at radius 1 is 1.33 bits per heavy atom. The Hall–Kier alpha value is -1.02. The van der Waals surface area contributed by atoms with Crippen molar-refractivity contribution in [2.45, 2.75) is 39.0 Å². The molecule has 1 aliphatic rings. The van der Waals surface area contributed by atoms with Crippen LogP contribution in [0.3, 0.4) is 0 Å². The van der Waals surface area contributed by atoms with Gasteiger partial charge in [-0.15, -0.1) is 0 Å². The van der Waals surface area contributed by atoms with Crippen LogP contribution in [-0.4, -0.2) is 19.6 Å². The first-order valence-electron chi connectivity index (χ1n) is 7.34. The second kappa shape index (κ2) is 6.79. The zero-order valence-electron chi connectivity index (χ0n) is 11.7. The maximum Gasteiger partial charge on any atom is 0.0340 e. The highest BCUT2D eigenvalue weighted by Crippen LogP contribution is 2.21. The van der Waals surface area contributed by atoms with E-state index in [0.717, 1.165) is 19.0 Å². The summed E-state index contributed by atoms with van der Waals surface area (Å²) in [6.07, 6.45) is 3.88. The minimum atomic E-state index is 0.668. The lowest BCUT2D eigenvalue weighted by Gasteiger charge is -2.23. The summed E-state index contributed by atoms with van der Waals surface area (Å²) in [6.45, 7) is 7.98. The topological polar surface area (TPSA) is 24.1 Å². The fourth-order valence-electron chi connectivity index (χ4n) is 2.53. The van der Waals surface area contributed by atoms with Crippen LogP contribution in [0.1, 0.15) is 44.6 Å². The minimum Gasteiger partial charge on any atom is -0.385 e. The molecule has 1 heterocycles. The van der Waals surface area contributed by atoms with Crippen molar-refractivity contribution >= 4 is 5.69 Å². The van der Waals surface area contributed by atoms with Crippen molar-refractivity contribution in [1.82, 2.24) is 5.32 Å². The van der Waals surface area contributed by atoms with Gasteiger partial charge in [-0.3, -0.25) is 0 Å². The molecule has 0 bridgehead atoms. The predicted octanol–water partition coefficient (Wildman–Crippen LogP) is 3.61. The molecule has 1 aromatic carbocycles. The van der Waals surface area contributed by atoms with Gasteiger partial charge >= 0.3 is 0 Å². The third kappa shape index (κ3) is 3.74. The normalized spacial score (nSPS) is 21.6. The number of rotatable bonds is 5. The van der Waals surface area contributed by atoms with Crippen LogP contribution in [0.5, 0.6) is 0 Å². The molecule has 1 saturated heterocycles. The number of anilines is 1. The summed E-state index contributed by atoms with van der Waals surface area (Å²) in [7, 11) is 0. The Kier molecular flexibility index (Phi) is 5.06. The first-order valence-corrected chi connectivity index (χ1v) is 7.34. The third-order valence-electron chi connectivity index (χ3n) is 4.09. The highest BCUT2D eigenvalue weighted by atomic mass is 14.9. The van der Waals surface area contributed by atoms with Crippen LogP contribution in [0.4, 0.5) is 5.69 Å². The molecule has 100 valence electrons. The number of nitrogens with one attached hydrogen (secondary N) is 2. The van der Waals surface area contributed by atoms with Crippen molar-refractivity contribution in [3.63, 3.8) is 0 Å². The Morgan fingerprint density at radius 3 is 2.72 bits per heavy atom. The molecule has 0 aromatic heterocycles. The van der Waals surface area contributed by atoms with Crippen LogP contribution >= 0.6 is 0 Å². The van der Waals surface area contributed by atoms with Crippen LogP contribution in [0.25, 0.3) is 0 Å². The fraction of sp³-hybridized carbons (Fsp3) is 0.625. The first-order chi connectivity index (χ1) is 8.79. The molecule has 18 heavy (non-hydrogen) atoms. The smallest absolute Gasteiger partial charge is 0.0340 e. The van der Waals surface area contributed by atoms with Gasteiger partial charge in [-0.2, -0.15) is 0 Å². The Morgan fingerprint density at radius 2 is 2.11 bits per heavy atom. The maximum absolute atomic E-state index is 3.56. The summed E-state index contributed by atoms with van der Waals surface area (Å²) in [5, 5.41) is 7.02. The molecule has 0 spiro atoms. The van der Waals surface area contributed by atoms with Gasteiger partial charge in [0.1, 0.15) is 0 Å². The second-order valence-corrected chi connectivity index (χ2v) is 5.52. The molecule has 2 N–H and O–H groups in total. The second-order valence-electron chi connectivity index (χ2n) is 5.52. The molecule has 0 amide bonds. The van der Waals surface area contributed by atoms with Crippen LogP contribution in [0.15, 0.2) is 24.3 Å². The van der Waals surface area contributed by atoms with E-state index in [0.29, 0.717) is 5.92 Å². The average molecular weight is 246 g/mol. The Balaban J connectivity index is 1.82. The summed E-state index contributed by atoms with van der Waals surface area (Å²) in [4.78, 5) is 0. The van der Waals surface area contributed by atoms with Gasteiger partial charge in [-0.25, -0.2) is 0 Å². The first kappa shape index (κ1) is 13.4. The molecule has 0 saturated carbocycles. The standard InChI is InChI=1S/C16H26N2/c1-3-13(2)15-6-8-16(9-7-15)18-12-14-5-4-10-17-11-14/h6-9,13-14,17-18H,3-5,10-12H2,1-2H3. The Labute approximate surface area is 111 Å². The SMILES string of the molecule is CCC(C)c1ccc(NCC2CCCNC2)cc1. The van der Waals surface area contributed by atoms with Gasteiger partial charge in [-0.1, -0.05) is 26.0 Å². The van der Waals surface area contributed by atoms with E-state index >= 15 is 0 Å². The lowest BCUT2D eigenvalue weighted by Crippen LogP contribution is -2.33. The van der Waals surface area contributed by atoms with Gasteiger partial charge in [0.15, 0.2) is 0 Å². The molecule has 2 unspecified atom stereocenters. The van der Waals surface area contributed by atoms with Gasteiger partial charge < -0.3 is 10.6 Å². The fourth-order valence-corrected chi connectivity index (χ4v) is 2.53. The van der Waals surface area contributed by atoms with Crippen molar-refractivity contribution in [1.29, 1.82) is 0 Å². The van der Waals surface area contributed by atoms with Gasteiger partial charge in [0.25, 0.3) is 0 Å². The van der Waals surface area contributed by atoms with E-state index in [4.69, 9.17) is 0 Å². The predicted molar refractivity (Wildman–Crippen MR) is 79.2 cm³/mol. The van der Waals surface area contributed by atoms with E-state index < -0.39 is 0 Å². The van der Waals surface area contributed by atoms with Crippen molar-refractivity contribution in [2.24, 2.45) is 5.92 Å². The van der Waals surface area contributed by atoms with Gasteiger partial charge in [0, 0.05) is 12.2 Å². The van der Waals surface area contributed by atoms with E-state index in [9.17, 15) is 0 Å². The third-order valence-corrected chi connectivity index (χ3v) is 4.09. The van der Waals surface area contributed by atoms with E-state index in [1.807, 2.05) is 0 Å². The molecule has 2 atom stereocenters. The van der Waals surface area contributed by atoms with Crippen molar-refractivity contribution in [2.75, 3.05) is 25.0 Å². The molecule has 1 fully saturated rings. The van der Waals surface area contributed by atoms with Gasteiger partial charge in [0.2, 0.25) is 0 Å². The van der Waals surface area contributed by atoms with Crippen LogP contribution < -0.4 is 10.6 Å². The molecule has 1 aliphatic heterocycles. The number of hydrogen-bond acceptors (Lipinski definition) is 2. The lowest BCUT2D eigenvalue weighted by molar-refractivity contribution is 0.393. The molecule has 1 aromatic rings. The zero-order valence-corrected chi connectivity index (χ0v) is 11.7. The van der Waals surface area contributed by atoms with Crippen molar-refractivity contribution < 1.29 is 0 Å². The maximum atomic E-state index is 3.56. The molecule has 0 aliphatic carbocycles. The molecule has 2 heteroatoms. The van der Waals surface area contributed by atoms with E-state index in [1.165, 1.54) is 37.1 Å².